The minimum absolute atomic E-state index is 0. The molecular formula is C91H132BrMgN3O10. The van der Waals surface area contributed by atoms with Gasteiger partial charge in [0.1, 0.15) is 29.4 Å². The number of ether oxygens (including phenoxy) is 3. The number of nitrogens with zero attached hydrogens (tertiary/aromatic N) is 3. The van der Waals surface area contributed by atoms with E-state index in [0.717, 1.165) is 132 Å². The molecule has 580 valence electrons. The quantitative estimate of drug-likeness (QED) is 0.0302. The van der Waals surface area contributed by atoms with E-state index >= 15 is 0 Å². The van der Waals surface area contributed by atoms with Gasteiger partial charge in [-0.25, -0.2) is 0 Å². The molecule has 3 aliphatic heterocycles. The third-order valence-electron chi connectivity index (χ3n) is 22.2. The van der Waals surface area contributed by atoms with Crippen molar-refractivity contribution in [2.45, 2.75) is 212 Å². The van der Waals surface area contributed by atoms with Crippen molar-refractivity contribution >= 4 is 64.3 Å². The predicted molar refractivity (Wildman–Crippen MR) is 438 cm³/mol. The standard InChI is InChI=1S/C28H38N2O2.C17H24O2.C17H22O2.C11H12O2.C7H4.C6H15N.C5H8O2.BrH.Mg.4H2.H/c1-28(24-13-7-4-8-14-24,27(31)23-11-5-3-6-12-23)17-18-29-19-21-30(22-20-29)25-15-9-10-16-26(25)32-2;2*1-17(12-13-18,15-10-6-3-7-11-15)16(19)14-8-4-2-5-9-14;1-11(7-8-13-10(11)12)9-5-3-2-4-6-9;1-3-5-7-6-4-2;1-4-7(5-2)6-3;1-4-2-3-7-5(4)6;;;;;;;/h4,7-10,13-16,23H,3,5-6,11-12,17-22H2,1-2H3;3,6-7,10-11,14,18H,2,4-5,8-9,12-13H2,1H3;3,6-7,10-11,13-14H,2,4-5,8-9,12H2,1H3;2-6H,7-8H2,1H3;1H,2H3;4-6H2,1-3H3;4H,2-3H2,1H3;1H;;4*1H;/q;;;;;;;;+2;;;;;-1/p-1/t28-;2*17-;11-;;;;;;;;;;/m1010........../s1. The topological polar surface area (TPSA) is 160 Å². The second-order valence-electron chi connectivity index (χ2n) is 29.1. The van der Waals surface area contributed by atoms with Gasteiger partial charge in [-0.1, -0.05) is 225 Å². The van der Waals surface area contributed by atoms with Crippen molar-refractivity contribution < 1.29 is 72.2 Å². The Labute approximate surface area is 672 Å². The summed E-state index contributed by atoms with van der Waals surface area (Å²) in [7, 11) is 1.74. The fraction of sp³-hybridized carbons (Fsp3) is 0.538. The maximum absolute atomic E-state index is 13.8. The number of benzene rings is 5. The largest absolute Gasteiger partial charge is 2.00 e. The Morgan fingerprint density at radius 1 is 0.613 bits per heavy atom. The van der Waals surface area contributed by atoms with E-state index in [1.807, 2.05) is 137 Å². The number of carbonyl (C=O) groups excluding carboxylic acids is 6. The van der Waals surface area contributed by atoms with Crippen molar-refractivity contribution in [2.24, 2.45) is 23.7 Å². The molecular weight excluding hydrogens is 1400 g/mol. The van der Waals surface area contributed by atoms with Crippen molar-refractivity contribution in [3.05, 3.63) is 168 Å². The number of halogens is 1. The maximum atomic E-state index is 13.8. The first-order chi connectivity index (χ1) is 50.3. The number of esters is 2. The van der Waals surface area contributed by atoms with E-state index in [1.54, 1.807) is 14.0 Å². The summed E-state index contributed by atoms with van der Waals surface area (Å²) in [6, 6.07) is 48.3. The minimum Gasteiger partial charge on any atom is -1.00 e. The summed E-state index contributed by atoms with van der Waals surface area (Å²) < 4.78 is 15.2. The van der Waals surface area contributed by atoms with Crippen LogP contribution in [0.25, 0.3) is 0 Å². The number of piperazine rings is 1. The number of carbonyl (C=O) groups is 6. The first-order valence-corrected chi connectivity index (χ1v) is 38.7. The number of aliphatic hydroxyl groups excluding tert-OH is 1. The molecule has 3 heterocycles. The Kier molecular flexibility index (Phi) is 44.6. The van der Waals surface area contributed by atoms with Gasteiger partial charge in [0.15, 0.2) is 0 Å². The third kappa shape index (κ3) is 28.6. The molecule has 0 amide bonds. The number of terminal acetylenes is 1. The van der Waals surface area contributed by atoms with Crippen LogP contribution in [0.2, 0.25) is 0 Å². The van der Waals surface area contributed by atoms with Crippen LogP contribution < -0.4 is 26.6 Å². The molecule has 3 saturated heterocycles. The van der Waals surface area contributed by atoms with Crippen molar-refractivity contribution in [2.75, 3.05) is 84.2 Å². The van der Waals surface area contributed by atoms with Crippen LogP contribution in [0.3, 0.4) is 0 Å². The molecule has 11 rings (SSSR count). The molecule has 5 aromatic carbocycles. The van der Waals surface area contributed by atoms with Crippen LogP contribution in [0.5, 0.6) is 5.75 Å². The molecule has 5 atom stereocenters. The SMILES string of the molecule is C#CC#CC#CC.CC1CCOC1=O.CCN(CC)CC.COc1ccccc1N1CCN(CC[C@@](C)(C(=O)C2CCCCC2)c2ccccc2)CC1.C[C@@](CCO)(C(=O)C1CCCCC1)c1ccccc1.C[C@@]1(c2ccccc2)CCOC1=O.C[C@](CC=O)(C(=O)C1CCCCC1)c1ccccc1.[Br-].[H-].[HH].[HH].[HH].[HH].[Mg+2]. The Hall–Kier alpha value is -6.87. The Morgan fingerprint density at radius 3 is 1.40 bits per heavy atom. The summed E-state index contributed by atoms with van der Waals surface area (Å²) in [6.45, 7) is 28.0. The summed E-state index contributed by atoms with van der Waals surface area (Å²) in [4.78, 5) is 79.7. The van der Waals surface area contributed by atoms with Gasteiger partial charge >= 0.3 is 35.0 Å². The van der Waals surface area contributed by atoms with Crippen LogP contribution in [0.4, 0.5) is 5.69 Å². The van der Waals surface area contributed by atoms with Crippen molar-refractivity contribution in [1.82, 2.24) is 9.80 Å². The fourth-order valence-corrected chi connectivity index (χ4v) is 15.0. The van der Waals surface area contributed by atoms with E-state index in [4.69, 9.17) is 15.9 Å². The van der Waals surface area contributed by atoms with Crippen LogP contribution in [0.15, 0.2) is 146 Å². The van der Waals surface area contributed by atoms with E-state index in [9.17, 15) is 33.9 Å². The molecule has 0 bridgehead atoms. The number of aldehydes is 1. The van der Waals surface area contributed by atoms with Crippen molar-refractivity contribution in [1.29, 1.82) is 0 Å². The molecule has 0 radical (unpaired) electrons. The number of rotatable bonds is 22. The molecule has 6 aliphatic rings. The van der Waals surface area contributed by atoms with Crippen molar-refractivity contribution in [3.63, 3.8) is 0 Å². The maximum Gasteiger partial charge on any atom is 2.00 e. The van der Waals surface area contributed by atoms with Gasteiger partial charge in [0.2, 0.25) is 0 Å². The Balaban J connectivity index is -0.00000130. The zero-order valence-corrected chi connectivity index (χ0v) is 68.8. The number of ketones is 3. The number of anilines is 1. The Bertz CT molecular complexity index is 3550. The smallest absolute Gasteiger partial charge is 1.00 e. The fourth-order valence-electron chi connectivity index (χ4n) is 15.0. The molecule has 5 aromatic rings. The van der Waals surface area contributed by atoms with Gasteiger partial charge in [0.05, 0.1) is 53.6 Å². The molecule has 15 heteroatoms. The van der Waals surface area contributed by atoms with E-state index in [1.165, 1.54) is 75.8 Å². The number of cyclic esters (lactones) is 2. The molecule has 3 saturated carbocycles. The monoisotopic (exact) mass is 1530 g/mol. The van der Waals surface area contributed by atoms with Gasteiger partial charge in [0, 0.05) is 69.1 Å². The molecule has 0 aromatic heterocycles. The first kappa shape index (κ1) is 93.3. The number of hydrogen-bond donors (Lipinski definition) is 1. The van der Waals surface area contributed by atoms with E-state index in [-0.39, 0.29) is 102 Å². The summed E-state index contributed by atoms with van der Waals surface area (Å²) in [5.41, 5.74) is 3.43. The predicted octanol–water partition coefficient (Wildman–Crippen LogP) is 14.6. The Morgan fingerprint density at radius 2 is 1.04 bits per heavy atom. The molecule has 13 nitrogen and oxygen atoms in total. The number of aliphatic hydroxyl groups is 1. The first-order valence-electron chi connectivity index (χ1n) is 38.7. The van der Waals surface area contributed by atoms with Gasteiger partial charge in [-0.2, -0.15) is 0 Å². The minimum atomic E-state index is -0.648. The van der Waals surface area contributed by atoms with Crippen LogP contribution >= 0.6 is 0 Å². The average Bonchev–Trinajstić information content (AvgIpc) is 1.53. The number of Topliss-reactive ketones (excluding diaryl/α,β-unsaturated/α-hetero) is 3. The second kappa shape index (κ2) is 50.7. The number of methoxy groups -OCH3 is 1. The normalized spacial score (nSPS) is 19.4. The third-order valence-corrected chi connectivity index (χ3v) is 22.2. The van der Waals surface area contributed by atoms with E-state index in [2.05, 4.69) is 113 Å². The van der Waals surface area contributed by atoms with Gasteiger partial charge in [-0.05, 0) is 177 Å². The molecule has 1 N–H and O–H groups in total. The van der Waals surface area contributed by atoms with Crippen molar-refractivity contribution in [3.8, 4) is 41.8 Å². The van der Waals surface area contributed by atoms with Gasteiger partial charge in [-0.15, -0.1) is 6.42 Å². The number of hydrogen-bond acceptors (Lipinski definition) is 13. The van der Waals surface area contributed by atoms with E-state index < -0.39 is 21.7 Å². The molecule has 0 spiro atoms. The van der Waals surface area contributed by atoms with Gasteiger partial charge in [-0.3, -0.25) is 28.9 Å². The van der Waals surface area contributed by atoms with Crippen LogP contribution in [-0.2, 0) is 59.9 Å². The average molecular weight is 1530 g/mol. The van der Waals surface area contributed by atoms with Crippen LogP contribution in [-0.4, -0.2) is 153 Å². The summed E-state index contributed by atoms with van der Waals surface area (Å²) in [6.07, 6.45) is 26.0. The van der Waals surface area contributed by atoms with E-state index in [0.29, 0.717) is 31.2 Å². The molecule has 6 fully saturated rings. The molecule has 3 aliphatic carbocycles. The van der Waals surface area contributed by atoms with Gasteiger partial charge < -0.3 is 52.3 Å². The van der Waals surface area contributed by atoms with Gasteiger partial charge in [0.25, 0.3) is 0 Å². The second-order valence-corrected chi connectivity index (χ2v) is 29.1. The zero-order chi connectivity index (χ0) is 75.6. The molecule has 106 heavy (non-hydrogen) atoms. The van der Waals surface area contributed by atoms with Crippen LogP contribution in [0, 0.1) is 59.7 Å². The summed E-state index contributed by atoms with van der Waals surface area (Å²) >= 11 is 0. The number of para-hydroxylation sites is 2. The zero-order valence-electron chi connectivity index (χ0n) is 66.8. The summed E-state index contributed by atoms with van der Waals surface area (Å²) in [5, 5.41) is 9.36. The van der Waals surface area contributed by atoms with Crippen LogP contribution in [0.1, 0.15) is 220 Å². The summed E-state index contributed by atoms with van der Waals surface area (Å²) in [5.74, 6) is 14.6. The molecule has 1 unspecified atom stereocenters.